The van der Waals surface area contributed by atoms with Crippen molar-refractivity contribution in [2.45, 2.75) is 13.2 Å². The summed E-state index contributed by atoms with van der Waals surface area (Å²) in [5, 5.41) is 3.64. The number of ether oxygens (including phenoxy) is 2. The first-order chi connectivity index (χ1) is 12.7. The van der Waals surface area contributed by atoms with E-state index in [1.807, 2.05) is 18.2 Å². The van der Waals surface area contributed by atoms with Crippen LogP contribution in [0.25, 0.3) is 0 Å². The molecule has 2 aromatic rings. The molecule has 1 aromatic heterocycles. The maximum Gasteiger partial charge on any atom is 0.255 e. The Morgan fingerprint density at radius 1 is 1.31 bits per heavy atom. The van der Waals surface area contributed by atoms with Gasteiger partial charge in [0.1, 0.15) is 5.82 Å². The van der Waals surface area contributed by atoms with Gasteiger partial charge in [0.15, 0.2) is 0 Å². The van der Waals surface area contributed by atoms with Crippen molar-refractivity contribution in [3.05, 3.63) is 58.2 Å². The van der Waals surface area contributed by atoms with E-state index >= 15 is 0 Å². The Morgan fingerprint density at radius 3 is 2.81 bits per heavy atom. The van der Waals surface area contributed by atoms with Crippen molar-refractivity contribution in [2.75, 3.05) is 38.7 Å². The second-order valence-corrected chi connectivity index (χ2v) is 6.47. The fraction of sp³-hybridized carbons (Fsp3) is 0.368. The van der Waals surface area contributed by atoms with E-state index in [1.165, 1.54) is 0 Å². The molecule has 1 aromatic carbocycles. The van der Waals surface area contributed by atoms with Crippen molar-refractivity contribution in [1.29, 1.82) is 0 Å². The molecular weight excluding hydrogens is 354 g/mol. The molecule has 0 atom stereocenters. The van der Waals surface area contributed by atoms with Gasteiger partial charge in [0, 0.05) is 32.9 Å². The summed E-state index contributed by atoms with van der Waals surface area (Å²) in [4.78, 5) is 18.6. The fourth-order valence-corrected chi connectivity index (χ4v) is 3.05. The molecule has 6 nitrogen and oxygen atoms in total. The normalized spacial score (nSPS) is 14.3. The smallest absolute Gasteiger partial charge is 0.255 e. The number of halogens is 1. The maximum absolute atomic E-state index is 12.5. The zero-order valence-corrected chi connectivity index (χ0v) is 15.5. The minimum atomic E-state index is -0.0680. The summed E-state index contributed by atoms with van der Waals surface area (Å²) in [6, 6.07) is 9.77. The molecule has 2 heterocycles. The van der Waals surface area contributed by atoms with Gasteiger partial charge in [0.05, 0.1) is 30.4 Å². The summed E-state index contributed by atoms with van der Waals surface area (Å²) >= 11 is 6.32. The van der Waals surface area contributed by atoms with Gasteiger partial charge in [-0.05, 0) is 17.2 Å². The number of pyridine rings is 1. The number of hydrogen-bond donors (Lipinski definition) is 1. The lowest BCUT2D eigenvalue weighted by Gasteiger charge is -2.26. The van der Waals surface area contributed by atoms with E-state index in [4.69, 9.17) is 21.1 Å². The van der Waals surface area contributed by atoms with Crippen LogP contribution in [0.2, 0.25) is 5.02 Å². The molecule has 1 aliphatic heterocycles. The number of hydrogen-bond acceptors (Lipinski definition) is 5. The van der Waals surface area contributed by atoms with Crippen LogP contribution in [0, 0.1) is 0 Å². The molecule has 7 heteroatoms. The van der Waals surface area contributed by atoms with Gasteiger partial charge in [-0.25, -0.2) is 4.98 Å². The molecule has 0 aliphatic carbocycles. The fourth-order valence-electron chi connectivity index (χ4n) is 2.82. The van der Waals surface area contributed by atoms with E-state index in [0.717, 1.165) is 11.1 Å². The van der Waals surface area contributed by atoms with Crippen LogP contribution in [0.1, 0.15) is 21.5 Å². The highest BCUT2D eigenvalue weighted by atomic mass is 35.5. The lowest BCUT2D eigenvalue weighted by atomic mass is 10.1. The highest BCUT2D eigenvalue weighted by Crippen LogP contribution is 2.22. The van der Waals surface area contributed by atoms with E-state index in [-0.39, 0.29) is 5.91 Å². The average Bonchev–Trinajstić information content (AvgIpc) is 2.68. The first-order valence-electron chi connectivity index (χ1n) is 8.50. The second-order valence-electron chi connectivity index (χ2n) is 6.07. The van der Waals surface area contributed by atoms with E-state index in [1.54, 1.807) is 24.3 Å². The van der Waals surface area contributed by atoms with Gasteiger partial charge >= 0.3 is 0 Å². The molecule has 0 bridgehead atoms. The topological polar surface area (TPSA) is 63.7 Å². The number of aromatic nitrogens is 1. The van der Waals surface area contributed by atoms with Crippen LogP contribution in [0.4, 0.5) is 5.82 Å². The van der Waals surface area contributed by atoms with Crippen molar-refractivity contribution in [3.8, 4) is 0 Å². The van der Waals surface area contributed by atoms with Gasteiger partial charge in [-0.2, -0.15) is 0 Å². The van der Waals surface area contributed by atoms with Crippen LogP contribution in [0.5, 0.6) is 0 Å². The Hall–Kier alpha value is -2.15. The molecule has 1 aliphatic rings. The van der Waals surface area contributed by atoms with Crippen molar-refractivity contribution >= 4 is 23.3 Å². The number of methoxy groups -OCH3 is 1. The van der Waals surface area contributed by atoms with Gasteiger partial charge in [-0.15, -0.1) is 0 Å². The Balaban J connectivity index is 1.64. The van der Waals surface area contributed by atoms with Crippen LogP contribution >= 0.6 is 11.6 Å². The second kappa shape index (κ2) is 8.98. The van der Waals surface area contributed by atoms with E-state index in [2.05, 4.69) is 16.4 Å². The lowest BCUT2D eigenvalue weighted by Crippen LogP contribution is -2.40. The molecule has 0 spiro atoms. The number of carbonyl (C=O) groups is 1. The summed E-state index contributed by atoms with van der Waals surface area (Å²) in [5.41, 5.74) is 2.70. The zero-order valence-electron chi connectivity index (χ0n) is 14.7. The quantitative estimate of drug-likeness (QED) is 0.841. The number of nitrogens with zero attached hydrogens (tertiary/aromatic N) is 2. The first kappa shape index (κ1) is 18.6. The molecule has 0 radical (unpaired) electrons. The number of amides is 1. The van der Waals surface area contributed by atoms with Crippen LogP contribution in [-0.4, -0.2) is 49.2 Å². The number of nitrogens with one attached hydrogen (secondary N) is 1. The van der Waals surface area contributed by atoms with Crippen molar-refractivity contribution < 1.29 is 14.3 Å². The predicted octanol–water partition coefficient (Wildman–Crippen LogP) is 2.97. The third-order valence-corrected chi connectivity index (χ3v) is 4.44. The average molecular weight is 376 g/mol. The Morgan fingerprint density at radius 2 is 2.08 bits per heavy atom. The van der Waals surface area contributed by atoms with Crippen LogP contribution < -0.4 is 5.32 Å². The Labute approximate surface area is 158 Å². The highest BCUT2D eigenvalue weighted by Gasteiger charge is 2.19. The van der Waals surface area contributed by atoms with Crippen molar-refractivity contribution in [1.82, 2.24) is 9.88 Å². The first-order valence-corrected chi connectivity index (χ1v) is 8.88. The molecule has 3 rings (SSSR count). The van der Waals surface area contributed by atoms with Gasteiger partial charge < -0.3 is 19.7 Å². The Kier molecular flexibility index (Phi) is 6.44. The van der Waals surface area contributed by atoms with Gasteiger partial charge in [-0.1, -0.05) is 35.9 Å². The maximum atomic E-state index is 12.5. The van der Waals surface area contributed by atoms with E-state index in [9.17, 15) is 4.79 Å². The van der Waals surface area contributed by atoms with Crippen molar-refractivity contribution in [3.63, 3.8) is 0 Å². The molecule has 26 heavy (non-hydrogen) atoms. The van der Waals surface area contributed by atoms with Gasteiger partial charge in [-0.3, -0.25) is 4.79 Å². The third kappa shape index (κ3) is 4.72. The van der Waals surface area contributed by atoms with Crippen LogP contribution in [0.3, 0.4) is 0 Å². The largest absolute Gasteiger partial charge is 0.380 e. The lowest BCUT2D eigenvalue weighted by molar-refractivity contribution is 0.0302. The summed E-state index contributed by atoms with van der Waals surface area (Å²) in [5.74, 6) is 0.490. The number of carbonyl (C=O) groups excluding carboxylic acids is 1. The molecule has 0 unspecified atom stereocenters. The van der Waals surface area contributed by atoms with Gasteiger partial charge in [0.2, 0.25) is 0 Å². The summed E-state index contributed by atoms with van der Waals surface area (Å²) in [7, 11) is 1.67. The molecule has 138 valence electrons. The summed E-state index contributed by atoms with van der Waals surface area (Å²) < 4.78 is 10.4. The molecule has 1 N–H and O–H groups in total. The summed E-state index contributed by atoms with van der Waals surface area (Å²) in [6.45, 7) is 3.47. The molecule has 0 saturated carbocycles. The van der Waals surface area contributed by atoms with Crippen LogP contribution in [-0.2, 0) is 22.6 Å². The molecular formula is C19H22ClN3O3. The minimum absolute atomic E-state index is 0.0680. The zero-order chi connectivity index (χ0) is 18.4. The summed E-state index contributed by atoms with van der Waals surface area (Å²) in [6.07, 6.45) is 1.56. The molecule has 1 amide bonds. The van der Waals surface area contributed by atoms with Crippen molar-refractivity contribution in [2.24, 2.45) is 0 Å². The Bertz CT molecular complexity index is 763. The minimum Gasteiger partial charge on any atom is -0.380 e. The number of morpholine rings is 1. The monoisotopic (exact) mass is 375 g/mol. The van der Waals surface area contributed by atoms with Crippen LogP contribution in [0.15, 0.2) is 36.5 Å². The molecule has 1 fully saturated rings. The molecule has 1 saturated heterocycles. The standard InChI is InChI=1S/C19H22ClN3O3/c1-25-13-15-4-2-3-14(9-15)11-21-18-17(20)10-16(12-22-18)19(24)23-5-7-26-8-6-23/h2-4,9-10,12H,5-8,11,13H2,1H3,(H,21,22). The number of benzene rings is 1. The SMILES string of the molecule is COCc1cccc(CNc2ncc(C(=O)N3CCOCC3)cc2Cl)c1. The van der Waals surface area contributed by atoms with E-state index in [0.29, 0.717) is 55.9 Å². The predicted molar refractivity (Wildman–Crippen MR) is 100 cm³/mol. The number of anilines is 1. The van der Waals surface area contributed by atoms with E-state index < -0.39 is 0 Å². The third-order valence-electron chi connectivity index (χ3n) is 4.15. The number of rotatable bonds is 6. The highest BCUT2D eigenvalue weighted by molar-refractivity contribution is 6.33. The van der Waals surface area contributed by atoms with Gasteiger partial charge in [0.25, 0.3) is 5.91 Å².